The van der Waals surface area contributed by atoms with Gasteiger partial charge in [0.2, 0.25) is 5.91 Å². The van der Waals surface area contributed by atoms with Gasteiger partial charge in [0.1, 0.15) is 11.3 Å². The van der Waals surface area contributed by atoms with E-state index in [1.54, 1.807) is 0 Å². The van der Waals surface area contributed by atoms with E-state index in [4.69, 9.17) is 15.6 Å². The van der Waals surface area contributed by atoms with Gasteiger partial charge in [-0.05, 0) is 24.6 Å². The number of nitrogens with two attached hydrogens (primary N) is 1. The van der Waals surface area contributed by atoms with E-state index in [0.717, 1.165) is 12.8 Å². The molecule has 0 atom stereocenters. The largest absolute Gasteiger partial charge is 0.493 e. The van der Waals surface area contributed by atoms with Crippen molar-refractivity contribution in [3.63, 3.8) is 0 Å². The lowest BCUT2D eigenvalue weighted by atomic mass is 10.1. The maximum absolute atomic E-state index is 11.2. The number of primary amides is 1. The third kappa shape index (κ3) is 5.85. The topological polar surface area (TPSA) is 89.6 Å². The highest BCUT2D eigenvalue weighted by Crippen LogP contribution is 2.21. The molecule has 21 heavy (non-hydrogen) atoms. The molecule has 1 rings (SSSR count). The molecule has 0 aromatic heterocycles. The Kier molecular flexibility index (Phi) is 7.29. The molecule has 116 valence electrons. The maximum atomic E-state index is 11.2. The Morgan fingerprint density at radius 3 is 2.43 bits per heavy atom. The number of hydrogen-bond acceptors (Lipinski definition) is 3. The highest BCUT2D eigenvalue weighted by atomic mass is 16.5. The van der Waals surface area contributed by atoms with Crippen LogP contribution in [0.3, 0.4) is 0 Å². The molecule has 5 heteroatoms. The third-order valence-electron chi connectivity index (χ3n) is 3.25. The van der Waals surface area contributed by atoms with Crippen LogP contribution in [0.25, 0.3) is 0 Å². The second-order valence-electron chi connectivity index (χ2n) is 5.00. The highest BCUT2D eigenvalue weighted by Gasteiger charge is 2.14. The van der Waals surface area contributed by atoms with Crippen molar-refractivity contribution >= 4 is 11.9 Å². The molecule has 0 aliphatic heterocycles. The van der Waals surface area contributed by atoms with Gasteiger partial charge in [0.15, 0.2) is 0 Å². The van der Waals surface area contributed by atoms with Crippen molar-refractivity contribution in [3.8, 4) is 5.75 Å². The van der Waals surface area contributed by atoms with Crippen LogP contribution in [0.15, 0.2) is 18.2 Å². The molecule has 0 saturated carbocycles. The molecule has 5 nitrogen and oxygen atoms in total. The van der Waals surface area contributed by atoms with E-state index in [0.29, 0.717) is 6.61 Å². The number of carbonyl (C=O) groups is 2. The normalized spacial score (nSPS) is 10.3. The molecular formula is C16H23NO4. The lowest BCUT2D eigenvalue weighted by Crippen LogP contribution is -2.13. The summed E-state index contributed by atoms with van der Waals surface area (Å²) in [6.07, 6.45) is 6.82. The first kappa shape index (κ1) is 17.0. The first-order valence-corrected chi connectivity index (χ1v) is 7.36. The van der Waals surface area contributed by atoms with Crippen LogP contribution in [0, 0.1) is 0 Å². The highest BCUT2D eigenvalue weighted by molar-refractivity contribution is 5.98. The molecule has 0 unspecified atom stereocenters. The Hall–Kier alpha value is -2.04. The monoisotopic (exact) mass is 293 g/mol. The number of rotatable bonds is 10. The standard InChI is InChI=1S/C16H23NO4/c1-2-3-4-5-6-7-10-21-14-9-8-12(15(17)18)11-13(14)16(19)20/h8-9,11H,2-7,10H2,1H3,(H2,17,18)(H,19,20). The first-order valence-electron chi connectivity index (χ1n) is 7.36. The zero-order valence-electron chi connectivity index (χ0n) is 12.4. The predicted octanol–water partition coefficient (Wildman–Crippen LogP) is 3.22. The van der Waals surface area contributed by atoms with Gasteiger partial charge in [-0.15, -0.1) is 0 Å². The fourth-order valence-corrected chi connectivity index (χ4v) is 2.04. The van der Waals surface area contributed by atoms with Gasteiger partial charge in [-0.1, -0.05) is 39.0 Å². The number of hydrogen-bond donors (Lipinski definition) is 2. The van der Waals surface area contributed by atoms with Crippen molar-refractivity contribution in [1.29, 1.82) is 0 Å². The third-order valence-corrected chi connectivity index (χ3v) is 3.25. The molecule has 3 N–H and O–H groups in total. The average molecular weight is 293 g/mol. The molecular weight excluding hydrogens is 270 g/mol. The minimum Gasteiger partial charge on any atom is -0.493 e. The number of ether oxygens (including phenoxy) is 1. The summed E-state index contributed by atoms with van der Waals surface area (Å²) < 4.78 is 5.51. The Labute approximate surface area is 125 Å². The van der Waals surface area contributed by atoms with Gasteiger partial charge in [0.05, 0.1) is 6.61 Å². The smallest absolute Gasteiger partial charge is 0.339 e. The van der Waals surface area contributed by atoms with E-state index in [9.17, 15) is 9.59 Å². The fraction of sp³-hybridized carbons (Fsp3) is 0.500. The van der Waals surface area contributed by atoms with Crippen molar-refractivity contribution in [2.45, 2.75) is 45.4 Å². The van der Waals surface area contributed by atoms with Crippen molar-refractivity contribution in [1.82, 2.24) is 0 Å². The van der Waals surface area contributed by atoms with Gasteiger partial charge in [0.25, 0.3) is 0 Å². The fourth-order valence-electron chi connectivity index (χ4n) is 2.04. The summed E-state index contributed by atoms with van der Waals surface area (Å²) in [7, 11) is 0. The van der Waals surface area contributed by atoms with Crippen LogP contribution in [-0.4, -0.2) is 23.6 Å². The van der Waals surface area contributed by atoms with Crippen LogP contribution >= 0.6 is 0 Å². The van der Waals surface area contributed by atoms with Crippen LogP contribution in [0.1, 0.15) is 66.2 Å². The van der Waals surface area contributed by atoms with Crippen LogP contribution < -0.4 is 10.5 Å². The average Bonchev–Trinajstić information content (AvgIpc) is 2.46. The van der Waals surface area contributed by atoms with E-state index in [1.165, 1.54) is 43.9 Å². The maximum Gasteiger partial charge on any atom is 0.339 e. The second kappa shape index (κ2) is 9.00. The summed E-state index contributed by atoms with van der Waals surface area (Å²) in [6.45, 7) is 2.65. The van der Waals surface area contributed by atoms with Crippen molar-refractivity contribution in [2.75, 3.05) is 6.61 Å². The Morgan fingerprint density at radius 2 is 1.81 bits per heavy atom. The number of amides is 1. The molecule has 0 saturated heterocycles. The van der Waals surface area contributed by atoms with Gasteiger partial charge in [-0.3, -0.25) is 4.79 Å². The lowest BCUT2D eigenvalue weighted by molar-refractivity contribution is 0.0692. The zero-order chi connectivity index (χ0) is 15.7. The summed E-state index contributed by atoms with van der Waals surface area (Å²) in [5.74, 6) is -1.50. The SMILES string of the molecule is CCCCCCCCOc1ccc(C(N)=O)cc1C(=O)O. The van der Waals surface area contributed by atoms with Gasteiger partial charge >= 0.3 is 5.97 Å². The molecule has 0 fully saturated rings. The van der Waals surface area contributed by atoms with Gasteiger partial charge in [-0.25, -0.2) is 4.79 Å². The van der Waals surface area contributed by atoms with Gasteiger partial charge in [0, 0.05) is 5.56 Å². The molecule has 1 amide bonds. The summed E-state index contributed by atoms with van der Waals surface area (Å²) >= 11 is 0. The zero-order valence-corrected chi connectivity index (χ0v) is 12.4. The van der Waals surface area contributed by atoms with Crippen molar-refractivity contribution in [2.24, 2.45) is 5.73 Å². The van der Waals surface area contributed by atoms with Gasteiger partial charge in [-0.2, -0.15) is 0 Å². The van der Waals surface area contributed by atoms with E-state index < -0.39 is 11.9 Å². The van der Waals surface area contributed by atoms with E-state index in [2.05, 4.69) is 6.92 Å². The molecule has 0 aliphatic carbocycles. The number of carboxylic acids is 1. The quantitative estimate of drug-likeness (QED) is 0.648. The molecule has 0 spiro atoms. The molecule has 0 radical (unpaired) electrons. The summed E-state index contributed by atoms with van der Waals surface area (Å²) in [6, 6.07) is 4.22. The lowest BCUT2D eigenvalue weighted by Gasteiger charge is -2.10. The Morgan fingerprint density at radius 1 is 1.14 bits per heavy atom. The van der Waals surface area contributed by atoms with E-state index >= 15 is 0 Å². The molecule has 1 aromatic rings. The minimum atomic E-state index is -1.13. The molecule has 0 heterocycles. The summed E-state index contributed by atoms with van der Waals surface area (Å²) in [4.78, 5) is 22.2. The predicted molar refractivity (Wildman–Crippen MR) is 80.8 cm³/mol. The number of unbranched alkanes of at least 4 members (excludes halogenated alkanes) is 5. The van der Waals surface area contributed by atoms with Gasteiger partial charge < -0.3 is 15.6 Å². The van der Waals surface area contributed by atoms with Crippen LogP contribution in [0.5, 0.6) is 5.75 Å². The molecule has 1 aromatic carbocycles. The second-order valence-corrected chi connectivity index (χ2v) is 5.00. The Balaban J connectivity index is 2.51. The first-order chi connectivity index (χ1) is 10.1. The van der Waals surface area contributed by atoms with Crippen LogP contribution in [-0.2, 0) is 0 Å². The number of carbonyl (C=O) groups excluding carboxylic acids is 1. The van der Waals surface area contributed by atoms with E-state index in [-0.39, 0.29) is 16.9 Å². The minimum absolute atomic E-state index is 0.0303. The van der Waals surface area contributed by atoms with Crippen LogP contribution in [0.2, 0.25) is 0 Å². The number of benzene rings is 1. The van der Waals surface area contributed by atoms with Crippen LogP contribution in [0.4, 0.5) is 0 Å². The molecule has 0 bridgehead atoms. The summed E-state index contributed by atoms with van der Waals surface area (Å²) in [5, 5.41) is 9.14. The number of carboxylic acid groups (broad SMARTS) is 1. The number of aromatic carboxylic acids is 1. The van der Waals surface area contributed by atoms with Crippen molar-refractivity contribution in [3.05, 3.63) is 29.3 Å². The summed E-state index contributed by atoms with van der Waals surface area (Å²) in [5.41, 5.74) is 5.28. The Bertz CT molecular complexity index is 485. The molecule has 0 aliphatic rings. The van der Waals surface area contributed by atoms with E-state index in [1.807, 2.05) is 0 Å². The van der Waals surface area contributed by atoms with Crippen molar-refractivity contribution < 1.29 is 19.4 Å².